The lowest BCUT2D eigenvalue weighted by Gasteiger charge is -2.10. The molecule has 0 aromatic heterocycles. The molecule has 0 amide bonds. The van der Waals surface area contributed by atoms with E-state index >= 15 is 0 Å². The van der Waals surface area contributed by atoms with E-state index in [4.69, 9.17) is 14.9 Å². The van der Waals surface area contributed by atoms with E-state index < -0.39 is 17.9 Å². The molecule has 0 spiro atoms. The van der Waals surface area contributed by atoms with Crippen LogP contribution in [0.25, 0.3) is 0 Å². The molecule has 17 heavy (non-hydrogen) atoms. The SMILES string of the molecule is CC(=O)Oc1ccc(C(=O)O)c(C)c1C(=O)O. The fraction of sp³-hybridized carbons (Fsp3) is 0.182. The van der Waals surface area contributed by atoms with Gasteiger partial charge in [0.15, 0.2) is 0 Å². The van der Waals surface area contributed by atoms with E-state index in [-0.39, 0.29) is 22.4 Å². The van der Waals surface area contributed by atoms with Crippen LogP contribution in [0.1, 0.15) is 33.2 Å². The molecule has 1 aromatic rings. The number of carboxylic acids is 2. The molecule has 0 saturated carbocycles. The molecule has 0 fully saturated rings. The van der Waals surface area contributed by atoms with Crippen LogP contribution in [0.5, 0.6) is 5.75 Å². The van der Waals surface area contributed by atoms with Gasteiger partial charge in [-0.25, -0.2) is 9.59 Å². The quantitative estimate of drug-likeness (QED) is 0.608. The number of rotatable bonds is 3. The van der Waals surface area contributed by atoms with Gasteiger partial charge in [0.1, 0.15) is 11.3 Å². The van der Waals surface area contributed by atoms with Gasteiger partial charge in [0, 0.05) is 6.92 Å². The molecule has 0 atom stereocenters. The second-order valence-corrected chi connectivity index (χ2v) is 3.32. The summed E-state index contributed by atoms with van der Waals surface area (Å²) in [7, 11) is 0. The summed E-state index contributed by atoms with van der Waals surface area (Å²) < 4.78 is 4.71. The van der Waals surface area contributed by atoms with Crippen LogP contribution in [0, 0.1) is 6.92 Å². The van der Waals surface area contributed by atoms with Gasteiger partial charge in [-0.1, -0.05) is 0 Å². The lowest BCUT2D eigenvalue weighted by Crippen LogP contribution is -2.12. The molecule has 0 bridgehead atoms. The Kier molecular flexibility index (Phi) is 3.47. The molecule has 0 radical (unpaired) electrons. The van der Waals surface area contributed by atoms with Crippen LogP contribution >= 0.6 is 0 Å². The van der Waals surface area contributed by atoms with Crippen molar-refractivity contribution in [3.63, 3.8) is 0 Å². The van der Waals surface area contributed by atoms with Gasteiger partial charge in [0.25, 0.3) is 0 Å². The smallest absolute Gasteiger partial charge is 0.339 e. The van der Waals surface area contributed by atoms with Crippen molar-refractivity contribution in [1.29, 1.82) is 0 Å². The Bertz CT molecular complexity index is 503. The second kappa shape index (κ2) is 4.65. The van der Waals surface area contributed by atoms with E-state index in [1.165, 1.54) is 13.0 Å². The molecule has 6 nitrogen and oxygen atoms in total. The van der Waals surface area contributed by atoms with Crippen molar-refractivity contribution < 1.29 is 29.3 Å². The first-order chi connectivity index (χ1) is 7.84. The van der Waals surface area contributed by atoms with Gasteiger partial charge in [-0.2, -0.15) is 0 Å². The average molecular weight is 238 g/mol. The summed E-state index contributed by atoms with van der Waals surface area (Å²) in [4.78, 5) is 32.6. The third-order valence-corrected chi connectivity index (χ3v) is 2.12. The minimum absolute atomic E-state index is 0.0451. The number of ether oxygens (including phenoxy) is 1. The molecule has 1 aromatic carbocycles. The number of hydrogen-bond donors (Lipinski definition) is 2. The van der Waals surface area contributed by atoms with Crippen LogP contribution in [0.4, 0.5) is 0 Å². The minimum atomic E-state index is -1.35. The van der Waals surface area contributed by atoms with Crippen molar-refractivity contribution in [2.24, 2.45) is 0 Å². The lowest BCUT2D eigenvalue weighted by atomic mass is 10.0. The first-order valence-electron chi connectivity index (χ1n) is 4.63. The standard InChI is InChI=1S/C11H10O6/c1-5-7(10(13)14)3-4-8(17-6(2)12)9(5)11(15)16/h3-4H,1-2H3,(H,13,14)(H,15,16). The van der Waals surface area contributed by atoms with E-state index in [0.29, 0.717) is 0 Å². The molecule has 6 heteroatoms. The second-order valence-electron chi connectivity index (χ2n) is 3.32. The van der Waals surface area contributed by atoms with Crippen LogP contribution < -0.4 is 4.74 Å². The number of hydrogen-bond acceptors (Lipinski definition) is 4. The summed E-state index contributed by atoms with van der Waals surface area (Å²) in [6.07, 6.45) is 0. The Labute approximate surface area is 96.4 Å². The summed E-state index contributed by atoms with van der Waals surface area (Å²) in [6, 6.07) is 2.35. The van der Waals surface area contributed by atoms with Crippen molar-refractivity contribution in [3.05, 3.63) is 28.8 Å². The molecule has 0 unspecified atom stereocenters. The topological polar surface area (TPSA) is 101 Å². The number of aromatic carboxylic acids is 2. The summed E-state index contributed by atoms with van der Waals surface area (Å²) >= 11 is 0. The molecule has 1 rings (SSSR count). The monoisotopic (exact) mass is 238 g/mol. The third-order valence-electron chi connectivity index (χ3n) is 2.12. The van der Waals surface area contributed by atoms with Crippen molar-refractivity contribution >= 4 is 17.9 Å². The van der Waals surface area contributed by atoms with Crippen molar-refractivity contribution in [2.45, 2.75) is 13.8 Å². The van der Waals surface area contributed by atoms with Gasteiger partial charge in [-0.3, -0.25) is 4.79 Å². The molecular formula is C11H10O6. The summed E-state index contributed by atoms with van der Waals surface area (Å²) in [5, 5.41) is 17.8. The predicted octanol–water partition coefficient (Wildman–Crippen LogP) is 1.32. The first kappa shape index (κ1) is 12.7. The van der Waals surface area contributed by atoms with Gasteiger partial charge in [-0.15, -0.1) is 0 Å². The zero-order chi connectivity index (χ0) is 13.2. The number of benzene rings is 1. The van der Waals surface area contributed by atoms with Crippen LogP contribution in [-0.2, 0) is 4.79 Å². The van der Waals surface area contributed by atoms with Crippen molar-refractivity contribution in [1.82, 2.24) is 0 Å². The van der Waals surface area contributed by atoms with Crippen molar-refractivity contribution in [2.75, 3.05) is 0 Å². The summed E-state index contributed by atoms with van der Waals surface area (Å²) in [6.45, 7) is 2.48. The fourth-order valence-electron chi connectivity index (χ4n) is 1.42. The highest BCUT2D eigenvalue weighted by atomic mass is 16.5. The van der Waals surface area contributed by atoms with Crippen molar-refractivity contribution in [3.8, 4) is 5.75 Å². The van der Waals surface area contributed by atoms with Crippen LogP contribution in [0.3, 0.4) is 0 Å². The number of carbonyl (C=O) groups is 3. The average Bonchev–Trinajstić information content (AvgIpc) is 2.15. The van der Waals surface area contributed by atoms with E-state index in [1.807, 2.05) is 0 Å². The molecule has 0 heterocycles. The molecule has 0 aliphatic rings. The Balaban J connectivity index is 3.44. The maximum Gasteiger partial charge on any atom is 0.339 e. The van der Waals surface area contributed by atoms with E-state index in [0.717, 1.165) is 13.0 Å². The highest BCUT2D eigenvalue weighted by Crippen LogP contribution is 2.25. The summed E-state index contributed by atoms with van der Waals surface area (Å²) in [5.74, 6) is -3.41. The molecule has 0 saturated heterocycles. The Hall–Kier alpha value is -2.37. The van der Waals surface area contributed by atoms with Gasteiger partial charge in [-0.05, 0) is 24.6 Å². The van der Waals surface area contributed by atoms with Gasteiger partial charge in [0.2, 0.25) is 0 Å². The number of esters is 1. The Morgan fingerprint density at radius 1 is 1.12 bits per heavy atom. The van der Waals surface area contributed by atoms with E-state index in [9.17, 15) is 14.4 Å². The van der Waals surface area contributed by atoms with Crippen LogP contribution in [0.15, 0.2) is 12.1 Å². The van der Waals surface area contributed by atoms with E-state index in [1.54, 1.807) is 0 Å². The molecule has 2 N–H and O–H groups in total. The number of carboxylic acid groups (broad SMARTS) is 2. The summed E-state index contributed by atoms with van der Waals surface area (Å²) in [5.41, 5.74) is -0.415. The highest BCUT2D eigenvalue weighted by Gasteiger charge is 2.21. The first-order valence-corrected chi connectivity index (χ1v) is 4.63. The Morgan fingerprint density at radius 3 is 2.12 bits per heavy atom. The molecule has 90 valence electrons. The minimum Gasteiger partial charge on any atom is -0.478 e. The zero-order valence-electron chi connectivity index (χ0n) is 9.18. The predicted molar refractivity (Wildman–Crippen MR) is 56.4 cm³/mol. The van der Waals surface area contributed by atoms with Gasteiger partial charge in [0.05, 0.1) is 5.56 Å². The highest BCUT2D eigenvalue weighted by molar-refractivity contribution is 5.99. The lowest BCUT2D eigenvalue weighted by molar-refractivity contribution is -0.131. The largest absolute Gasteiger partial charge is 0.478 e. The zero-order valence-corrected chi connectivity index (χ0v) is 9.18. The van der Waals surface area contributed by atoms with Crippen LogP contribution in [0.2, 0.25) is 0 Å². The number of carbonyl (C=O) groups excluding carboxylic acids is 1. The Morgan fingerprint density at radius 2 is 1.71 bits per heavy atom. The molecule has 0 aliphatic carbocycles. The molecule has 0 aliphatic heterocycles. The van der Waals surface area contributed by atoms with Gasteiger partial charge < -0.3 is 14.9 Å². The fourth-order valence-corrected chi connectivity index (χ4v) is 1.42. The maximum atomic E-state index is 11.0. The van der Waals surface area contributed by atoms with E-state index in [2.05, 4.69) is 0 Å². The molecular weight excluding hydrogens is 228 g/mol. The maximum absolute atomic E-state index is 11.0. The van der Waals surface area contributed by atoms with Crippen LogP contribution in [-0.4, -0.2) is 28.1 Å². The normalized spacial score (nSPS) is 9.76. The third kappa shape index (κ3) is 2.60. The van der Waals surface area contributed by atoms with Gasteiger partial charge >= 0.3 is 17.9 Å².